The van der Waals surface area contributed by atoms with Crippen LogP contribution in [0.1, 0.15) is 19.5 Å². The van der Waals surface area contributed by atoms with Crippen molar-refractivity contribution in [2.45, 2.75) is 25.0 Å². The van der Waals surface area contributed by atoms with Crippen molar-refractivity contribution in [3.05, 3.63) is 15.4 Å². The fraction of sp³-hybridized carbons (Fsp3) is 0.600. The van der Waals surface area contributed by atoms with Crippen LogP contribution in [-0.2, 0) is 10.0 Å². The molecule has 0 fully saturated rings. The lowest BCUT2D eigenvalue weighted by molar-refractivity contribution is 0.400. The van der Waals surface area contributed by atoms with Gasteiger partial charge in [-0.1, -0.05) is 18.3 Å². The third-order valence-electron chi connectivity index (χ3n) is 2.41. The molecule has 0 amide bonds. The Kier molecular flexibility index (Phi) is 4.67. The summed E-state index contributed by atoms with van der Waals surface area (Å²) in [6.45, 7) is 5.30. The molecule has 1 unspecified atom stereocenters. The van der Waals surface area contributed by atoms with E-state index in [1.807, 2.05) is 6.07 Å². The van der Waals surface area contributed by atoms with Gasteiger partial charge in [-0.15, -0.1) is 0 Å². The predicted octanol–water partition coefficient (Wildman–Crippen LogP) is 0.915. The Hall–Kier alpha value is -1.17. The van der Waals surface area contributed by atoms with Crippen LogP contribution in [-0.4, -0.2) is 30.8 Å². The number of aromatic amines is 1. The minimum absolute atomic E-state index is 0.0273. The molecular weight excluding hydrogens is 274 g/mol. The van der Waals surface area contributed by atoms with Gasteiger partial charge in [0.05, 0.1) is 12.0 Å². The van der Waals surface area contributed by atoms with Crippen molar-refractivity contribution in [3.8, 4) is 6.07 Å². The molecule has 1 rings (SSSR count). The number of hydrogen-bond donors (Lipinski definition) is 1. The topological polar surface area (TPSA) is 94.0 Å². The van der Waals surface area contributed by atoms with Gasteiger partial charge in [0.25, 0.3) is 10.0 Å². The molecular formula is C10H15N3O3S2. The highest BCUT2D eigenvalue weighted by atomic mass is 32.2. The number of sulfonamides is 1. The van der Waals surface area contributed by atoms with Gasteiger partial charge >= 0.3 is 4.87 Å². The molecule has 0 aliphatic rings. The molecule has 0 spiro atoms. The molecule has 0 aliphatic heterocycles. The molecule has 0 aromatic carbocycles. The Balaban J connectivity index is 3.16. The van der Waals surface area contributed by atoms with E-state index in [-0.39, 0.29) is 17.3 Å². The number of aromatic nitrogens is 1. The van der Waals surface area contributed by atoms with E-state index in [0.29, 0.717) is 17.0 Å². The van der Waals surface area contributed by atoms with Crippen LogP contribution in [0.25, 0.3) is 0 Å². The number of rotatable bonds is 5. The first-order chi connectivity index (χ1) is 8.32. The third-order valence-corrected chi connectivity index (χ3v) is 5.93. The zero-order valence-corrected chi connectivity index (χ0v) is 12.1. The lowest BCUT2D eigenvalue weighted by atomic mass is 10.2. The van der Waals surface area contributed by atoms with Crippen LogP contribution >= 0.6 is 11.3 Å². The first kappa shape index (κ1) is 14.9. The van der Waals surface area contributed by atoms with Gasteiger partial charge in [0.2, 0.25) is 0 Å². The molecule has 8 heteroatoms. The summed E-state index contributed by atoms with van der Waals surface area (Å²) >= 11 is 0.676. The Morgan fingerprint density at radius 2 is 2.17 bits per heavy atom. The van der Waals surface area contributed by atoms with Gasteiger partial charge < -0.3 is 4.98 Å². The van der Waals surface area contributed by atoms with E-state index >= 15 is 0 Å². The minimum atomic E-state index is -3.70. The summed E-state index contributed by atoms with van der Waals surface area (Å²) in [6.07, 6.45) is 0. The highest BCUT2D eigenvalue weighted by Crippen LogP contribution is 2.21. The molecule has 1 atom stereocenters. The van der Waals surface area contributed by atoms with E-state index in [2.05, 4.69) is 4.98 Å². The number of H-pyrrole nitrogens is 1. The van der Waals surface area contributed by atoms with E-state index in [4.69, 9.17) is 5.26 Å². The van der Waals surface area contributed by atoms with Crippen molar-refractivity contribution in [1.29, 1.82) is 5.26 Å². The molecule has 100 valence electrons. The van der Waals surface area contributed by atoms with Crippen LogP contribution < -0.4 is 4.87 Å². The van der Waals surface area contributed by atoms with Gasteiger partial charge in [0, 0.05) is 18.8 Å². The second kappa shape index (κ2) is 5.65. The number of hydrogen-bond acceptors (Lipinski definition) is 5. The van der Waals surface area contributed by atoms with Crippen LogP contribution in [0.15, 0.2) is 9.00 Å². The molecule has 1 aromatic rings. The van der Waals surface area contributed by atoms with Crippen molar-refractivity contribution >= 4 is 21.4 Å². The molecule has 18 heavy (non-hydrogen) atoms. The maximum atomic E-state index is 12.3. The minimum Gasteiger partial charge on any atom is -0.315 e. The number of thiazole rings is 1. The zero-order valence-electron chi connectivity index (χ0n) is 10.4. The predicted molar refractivity (Wildman–Crippen MR) is 68.9 cm³/mol. The van der Waals surface area contributed by atoms with E-state index < -0.39 is 20.8 Å². The first-order valence-corrected chi connectivity index (χ1v) is 7.68. The van der Waals surface area contributed by atoms with Crippen LogP contribution in [0.5, 0.6) is 0 Å². The van der Waals surface area contributed by atoms with Crippen LogP contribution in [0.2, 0.25) is 0 Å². The molecule has 0 saturated carbocycles. The summed E-state index contributed by atoms with van der Waals surface area (Å²) in [5, 5.41) is 8.75. The molecule has 6 nitrogen and oxygen atoms in total. The largest absolute Gasteiger partial charge is 0.315 e. The summed E-state index contributed by atoms with van der Waals surface area (Å²) in [4.78, 5) is 13.2. The summed E-state index contributed by atoms with van der Waals surface area (Å²) in [6, 6.07) is 2.00. The average molecular weight is 289 g/mol. The van der Waals surface area contributed by atoms with Gasteiger partial charge in [-0.25, -0.2) is 8.42 Å². The van der Waals surface area contributed by atoms with E-state index in [1.165, 1.54) is 4.31 Å². The maximum Gasteiger partial charge on any atom is 0.305 e. The SMILES string of the molecule is CCN(CC(C)C#N)S(=O)(=O)c1sc(=O)[nH]c1C. The van der Waals surface area contributed by atoms with Crippen molar-refractivity contribution in [3.63, 3.8) is 0 Å². The van der Waals surface area contributed by atoms with E-state index in [0.717, 1.165) is 0 Å². The number of nitrogens with one attached hydrogen (secondary N) is 1. The zero-order chi connectivity index (χ0) is 13.9. The van der Waals surface area contributed by atoms with Gasteiger partial charge in [0.1, 0.15) is 0 Å². The summed E-state index contributed by atoms with van der Waals surface area (Å²) in [5.41, 5.74) is 0.341. The Morgan fingerprint density at radius 1 is 1.56 bits per heavy atom. The van der Waals surface area contributed by atoms with Gasteiger partial charge in [0.15, 0.2) is 4.21 Å². The molecule has 0 bridgehead atoms. The molecule has 0 aliphatic carbocycles. The van der Waals surface area contributed by atoms with Gasteiger partial charge in [-0.3, -0.25) is 4.79 Å². The second-order valence-corrected chi connectivity index (χ2v) is 7.03. The van der Waals surface area contributed by atoms with E-state index in [9.17, 15) is 13.2 Å². The molecule has 0 radical (unpaired) electrons. The molecule has 0 saturated heterocycles. The van der Waals surface area contributed by atoms with Crippen molar-refractivity contribution in [2.75, 3.05) is 13.1 Å². The lowest BCUT2D eigenvalue weighted by Gasteiger charge is -2.20. The van der Waals surface area contributed by atoms with Crippen LogP contribution in [0.4, 0.5) is 0 Å². The van der Waals surface area contributed by atoms with Crippen molar-refractivity contribution < 1.29 is 8.42 Å². The Morgan fingerprint density at radius 3 is 2.56 bits per heavy atom. The quantitative estimate of drug-likeness (QED) is 0.872. The highest BCUT2D eigenvalue weighted by Gasteiger charge is 2.28. The maximum absolute atomic E-state index is 12.3. The standard InChI is InChI=1S/C10H15N3O3S2/c1-4-13(6-7(2)5-11)18(15,16)9-8(3)12-10(14)17-9/h7H,4,6H2,1-3H3,(H,12,14). The fourth-order valence-corrected chi connectivity index (χ4v) is 4.47. The number of nitrogens with zero attached hydrogens (tertiary/aromatic N) is 2. The Bertz CT molecular complexity index is 609. The first-order valence-electron chi connectivity index (χ1n) is 5.42. The summed E-state index contributed by atoms with van der Waals surface area (Å²) < 4.78 is 25.9. The summed E-state index contributed by atoms with van der Waals surface area (Å²) in [5.74, 6) is -0.393. The second-order valence-electron chi connectivity index (χ2n) is 3.91. The highest BCUT2D eigenvalue weighted by molar-refractivity contribution is 7.91. The monoisotopic (exact) mass is 289 g/mol. The molecule has 1 heterocycles. The van der Waals surface area contributed by atoms with Crippen molar-refractivity contribution in [1.82, 2.24) is 9.29 Å². The number of aryl methyl sites for hydroxylation is 1. The lowest BCUT2D eigenvalue weighted by Crippen LogP contribution is -2.34. The van der Waals surface area contributed by atoms with Gasteiger partial charge in [-0.05, 0) is 13.8 Å². The van der Waals surface area contributed by atoms with Crippen LogP contribution in [0.3, 0.4) is 0 Å². The smallest absolute Gasteiger partial charge is 0.305 e. The number of nitriles is 1. The molecule has 1 N–H and O–H groups in total. The summed E-state index contributed by atoms with van der Waals surface area (Å²) in [7, 11) is -3.70. The third kappa shape index (κ3) is 2.98. The Labute approximate surface area is 110 Å². The molecule has 1 aromatic heterocycles. The van der Waals surface area contributed by atoms with E-state index in [1.54, 1.807) is 20.8 Å². The normalized spacial score (nSPS) is 13.5. The van der Waals surface area contributed by atoms with Crippen LogP contribution in [0, 0.1) is 24.2 Å². The van der Waals surface area contributed by atoms with Crippen molar-refractivity contribution in [2.24, 2.45) is 5.92 Å². The average Bonchev–Trinajstić information content (AvgIpc) is 2.65. The fourth-order valence-electron chi connectivity index (χ4n) is 1.50. The van der Waals surface area contributed by atoms with Gasteiger partial charge in [-0.2, -0.15) is 9.57 Å².